The SMILES string of the molecule is CC(C)(C)c1ccc(N(C(=O)C2CC(O)CN2C#N)C(C(=O)NC2CCCCC2)c2nncn2C2CC2)cc1. The Kier molecular flexibility index (Phi) is 7.63. The summed E-state index contributed by atoms with van der Waals surface area (Å²) in [6.45, 7) is 6.44. The second-order valence-electron chi connectivity index (χ2n) is 12.2. The molecule has 1 saturated heterocycles. The van der Waals surface area contributed by atoms with Crippen molar-refractivity contribution in [2.75, 3.05) is 11.4 Å². The molecule has 2 aromatic rings. The van der Waals surface area contributed by atoms with Crippen LogP contribution in [0, 0.1) is 11.5 Å². The molecule has 5 rings (SSSR count). The third-order valence-corrected chi connectivity index (χ3v) is 8.19. The molecule has 3 aliphatic rings. The van der Waals surface area contributed by atoms with Gasteiger partial charge in [0.25, 0.3) is 11.8 Å². The Balaban J connectivity index is 1.59. The molecule has 10 nitrogen and oxygen atoms in total. The van der Waals surface area contributed by atoms with E-state index in [0.717, 1.165) is 50.5 Å². The van der Waals surface area contributed by atoms with Crippen molar-refractivity contribution in [3.8, 4) is 6.19 Å². The Morgan fingerprint density at radius 3 is 2.44 bits per heavy atom. The number of hydrogen-bond acceptors (Lipinski definition) is 7. The second-order valence-corrected chi connectivity index (χ2v) is 12.2. The van der Waals surface area contributed by atoms with E-state index < -0.39 is 24.1 Å². The molecule has 39 heavy (non-hydrogen) atoms. The van der Waals surface area contributed by atoms with Gasteiger partial charge in [0.1, 0.15) is 12.4 Å². The molecule has 0 bridgehead atoms. The summed E-state index contributed by atoms with van der Waals surface area (Å²) in [6.07, 6.45) is 10.0. The monoisotopic (exact) mass is 533 g/mol. The summed E-state index contributed by atoms with van der Waals surface area (Å²) in [7, 11) is 0. The number of aromatic nitrogens is 3. The summed E-state index contributed by atoms with van der Waals surface area (Å²) >= 11 is 0. The molecule has 3 unspecified atom stereocenters. The number of nitrogens with one attached hydrogen (secondary N) is 1. The standard InChI is InChI=1S/C29H39N7O3/c1-29(2,3)19-9-11-22(12-10-19)36(28(39)24-15-23(37)16-34(24)17-30)25(26-33-31-18-35(26)21-13-14-21)27(38)32-20-7-5-4-6-8-20/h9-12,18,20-21,23-25,37H,4-8,13-16H2,1-3H3,(H,32,38). The second kappa shape index (κ2) is 11.0. The van der Waals surface area contributed by atoms with Gasteiger partial charge in [0, 0.05) is 24.2 Å². The number of nitrogens with zero attached hydrogens (tertiary/aromatic N) is 6. The third kappa shape index (κ3) is 5.78. The van der Waals surface area contributed by atoms with E-state index in [2.05, 4.69) is 42.5 Å². The smallest absolute Gasteiger partial charge is 0.251 e. The Bertz CT molecular complexity index is 1220. The van der Waals surface area contributed by atoms with Crippen LogP contribution in [0.1, 0.15) is 95.6 Å². The van der Waals surface area contributed by atoms with Crippen LogP contribution in [0.5, 0.6) is 0 Å². The van der Waals surface area contributed by atoms with Crippen LogP contribution >= 0.6 is 0 Å². The summed E-state index contributed by atoms with van der Waals surface area (Å²) in [4.78, 5) is 31.3. The first kappa shape index (κ1) is 27.1. The van der Waals surface area contributed by atoms with Crippen LogP contribution in [0.4, 0.5) is 5.69 Å². The van der Waals surface area contributed by atoms with Gasteiger partial charge >= 0.3 is 0 Å². The Labute approximate surface area is 230 Å². The van der Waals surface area contributed by atoms with Crippen LogP contribution < -0.4 is 10.2 Å². The molecule has 3 atom stereocenters. The third-order valence-electron chi connectivity index (χ3n) is 8.19. The molecule has 1 aromatic heterocycles. The van der Waals surface area contributed by atoms with Crippen molar-refractivity contribution in [2.24, 2.45) is 0 Å². The van der Waals surface area contributed by atoms with E-state index in [1.807, 2.05) is 28.8 Å². The lowest BCUT2D eigenvalue weighted by Crippen LogP contribution is -2.52. The van der Waals surface area contributed by atoms with Crippen molar-refractivity contribution in [1.29, 1.82) is 5.26 Å². The van der Waals surface area contributed by atoms with Gasteiger partial charge in [0.05, 0.1) is 12.6 Å². The van der Waals surface area contributed by atoms with Crippen molar-refractivity contribution in [3.63, 3.8) is 0 Å². The van der Waals surface area contributed by atoms with Crippen LogP contribution in [0.3, 0.4) is 0 Å². The van der Waals surface area contributed by atoms with E-state index in [0.29, 0.717) is 11.5 Å². The number of benzene rings is 1. The van der Waals surface area contributed by atoms with Crippen molar-refractivity contribution in [3.05, 3.63) is 42.0 Å². The van der Waals surface area contributed by atoms with E-state index in [1.165, 1.54) is 9.80 Å². The fourth-order valence-corrected chi connectivity index (χ4v) is 5.80. The molecule has 2 heterocycles. The molecule has 208 valence electrons. The fourth-order valence-electron chi connectivity index (χ4n) is 5.80. The number of hydrogen-bond donors (Lipinski definition) is 2. The van der Waals surface area contributed by atoms with Crippen LogP contribution in [0.15, 0.2) is 30.6 Å². The minimum atomic E-state index is -1.07. The zero-order chi connectivity index (χ0) is 27.7. The van der Waals surface area contributed by atoms with Crippen molar-refractivity contribution >= 4 is 17.5 Å². The van der Waals surface area contributed by atoms with Crippen LogP contribution in [0.2, 0.25) is 0 Å². The molecule has 1 aliphatic heterocycles. The van der Waals surface area contributed by atoms with Crippen LogP contribution in [-0.4, -0.2) is 61.3 Å². The fraction of sp³-hybridized carbons (Fsp3) is 0.621. The average molecular weight is 534 g/mol. The molecule has 0 spiro atoms. The maximum Gasteiger partial charge on any atom is 0.251 e. The molecule has 2 aliphatic carbocycles. The minimum Gasteiger partial charge on any atom is -0.391 e. The first-order chi connectivity index (χ1) is 18.7. The predicted octanol–water partition coefficient (Wildman–Crippen LogP) is 3.35. The molecule has 0 radical (unpaired) electrons. The van der Waals surface area contributed by atoms with Gasteiger partial charge in [-0.3, -0.25) is 19.4 Å². The topological polar surface area (TPSA) is 127 Å². The highest BCUT2D eigenvalue weighted by atomic mass is 16.3. The number of β-amino-alcohol motifs (C(OH)–C–C–N with tert-alkyl or cyclic N) is 1. The number of aliphatic hydroxyl groups excluding tert-OH is 1. The number of rotatable bonds is 7. The summed E-state index contributed by atoms with van der Waals surface area (Å²) < 4.78 is 1.92. The lowest BCUT2D eigenvalue weighted by molar-refractivity contribution is -0.129. The lowest BCUT2D eigenvalue weighted by atomic mass is 9.87. The number of likely N-dealkylation sites (tertiary alicyclic amines) is 1. The Morgan fingerprint density at radius 2 is 1.82 bits per heavy atom. The Hall–Kier alpha value is -3.45. The van der Waals surface area contributed by atoms with E-state index in [4.69, 9.17) is 0 Å². The maximum absolute atomic E-state index is 14.4. The lowest BCUT2D eigenvalue weighted by Gasteiger charge is -2.35. The minimum absolute atomic E-state index is 0.0372. The highest BCUT2D eigenvalue weighted by Gasteiger charge is 2.45. The molecule has 1 aromatic carbocycles. The molecule has 3 fully saturated rings. The van der Waals surface area contributed by atoms with Gasteiger partial charge < -0.3 is 15.0 Å². The van der Waals surface area contributed by atoms with Crippen molar-refractivity contribution < 1.29 is 14.7 Å². The maximum atomic E-state index is 14.4. The first-order valence-corrected chi connectivity index (χ1v) is 14.1. The number of aliphatic hydroxyl groups is 1. The summed E-state index contributed by atoms with van der Waals surface area (Å²) in [6, 6.07) is 5.96. The quantitative estimate of drug-likeness (QED) is 0.523. The highest BCUT2D eigenvalue weighted by molar-refractivity contribution is 6.03. The normalized spacial score (nSPS) is 22.8. The van der Waals surface area contributed by atoms with Gasteiger partial charge in [-0.2, -0.15) is 5.26 Å². The number of nitriles is 1. The van der Waals surface area contributed by atoms with Crippen LogP contribution in [-0.2, 0) is 15.0 Å². The van der Waals surface area contributed by atoms with Gasteiger partial charge in [-0.1, -0.05) is 52.2 Å². The number of carbonyl (C=O) groups is 2. The average Bonchev–Trinajstić information content (AvgIpc) is 3.52. The zero-order valence-corrected chi connectivity index (χ0v) is 23.1. The predicted molar refractivity (Wildman–Crippen MR) is 145 cm³/mol. The number of amides is 2. The van der Waals surface area contributed by atoms with E-state index >= 15 is 0 Å². The van der Waals surface area contributed by atoms with E-state index in [1.54, 1.807) is 6.33 Å². The van der Waals surface area contributed by atoms with Gasteiger partial charge in [0.15, 0.2) is 18.1 Å². The van der Waals surface area contributed by atoms with Crippen LogP contribution in [0.25, 0.3) is 0 Å². The molecular weight excluding hydrogens is 494 g/mol. The molecule has 10 heteroatoms. The molecular formula is C29H39N7O3. The van der Waals surface area contributed by atoms with E-state index in [-0.39, 0.29) is 36.4 Å². The number of anilines is 1. The molecule has 2 amide bonds. The summed E-state index contributed by atoms with van der Waals surface area (Å²) in [5.74, 6) is -0.293. The van der Waals surface area contributed by atoms with Gasteiger partial charge in [-0.25, -0.2) is 0 Å². The van der Waals surface area contributed by atoms with Crippen molar-refractivity contribution in [2.45, 2.75) is 108 Å². The Morgan fingerprint density at radius 1 is 1.13 bits per heavy atom. The number of carbonyl (C=O) groups excluding carboxylic acids is 2. The largest absolute Gasteiger partial charge is 0.391 e. The van der Waals surface area contributed by atoms with E-state index in [9.17, 15) is 20.0 Å². The van der Waals surface area contributed by atoms with Gasteiger partial charge in [0.2, 0.25) is 0 Å². The zero-order valence-electron chi connectivity index (χ0n) is 23.1. The summed E-state index contributed by atoms with van der Waals surface area (Å²) in [5, 5.41) is 31.8. The van der Waals surface area contributed by atoms with Gasteiger partial charge in [-0.15, -0.1) is 10.2 Å². The summed E-state index contributed by atoms with van der Waals surface area (Å²) in [5.41, 5.74) is 1.55. The highest BCUT2D eigenvalue weighted by Crippen LogP contribution is 2.39. The van der Waals surface area contributed by atoms with Crippen molar-refractivity contribution in [1.82, 2.24) is 25.0 Å². The first-order valence-electron chi connectivity index (χ1n) is 14.1. The molecule has 2 N–H and O–H groups in total. The van der Waals surface area contributed by atoms with Gasteiger partial charge in [-0.05, 0) is 48.8 Å². The molecule has 2 saturated carbocycles.